The molecule has 134 valence electrons. The van der Waals surface area contributed by atoms with Gasteiger partial charge >= 0.3 is 0 Å². The van der Waals surface area contributed by atoms with Crippen molar-refractivity contribution in [2.24, 2.45) is 5.92 Å². The maximum absolute atomic E-state index is 12.3. The van der Waals surface area contributed by atoms with E-state index >= 15 is 0 Å². The van der Waals surface area contributed by atoms with Crippen LogP contribution >= 0.6 is 11.6 Å². The molecule has 0 spiro atoms. The molecule has 0 aliphatic heterocycles. The first kappa shape index (κ1) is 18.2. The Labute approximate surface area is 158 Å². The number of hydrogen-bond acceptors (Lipinski definition) is 2. The zero-order valence-corrected chi connectivity index (χ0v) is 15.7. The van der Waals surface area contributed by atoms with Crippen LogP contribution in [0.4, 0.5) is 5.82 Å². The fraction of sp³-hybridized carbons (Fsp3) is 0.238. The molecule has 0 unspecified atom stereocenters. The first-order valence-corrected chi connectivity index (χ1v) is 9.12. The van der Waals surface area contributed by atoms with E-state index in [4.69, 9.17) is 11.6 Å². The molecule has 1 heterocycles. The highest BCUT2D eigenvalue weighted by atomic mass is 35.5. The van der Waals surface area contributed by atoms with Gasteiger partial charge in [0.1, 0.15) is 5.82 Å². The highest BCUT2D eigenvalue weighted by molar-refractivity contribution is 6.32. The molecule has 1 amide bonds. The lowest BCUT2D eigenvalue weighted by atomic mass is 10.1. The van der Waals surface area contributed by atoms with Gasteiger partial charge in [-0.25, -0.2) is 4.68 Å². The molecular weight excluding hydrogens is 346 g/mol. The predicted molar refractivity (Wildman–Crippen MR) is 107 cm³/mol. The Morgan fingerprint density at radius 1 is 1.12 bits per heavy atom. The third-order valence-corrected chi connectivity index (χ3v) is 4.40. The summed E-state index contributed by atoms with van der Waals surface area (Å²) in [5.74, 6) is 1.08. The number of carbonyl (C=O) groups excluding carboxylic acids is 1. The molecule has 3 aromatic rings. The maximum atomic E-state index is 12.3. The topological polar surface area (TPSA) is 46.9 Å². The summed E-state index contributed by atoms with van der Waals surface area (Å²) < 4.78 is 1.69. The Hall–Kier alpha value is -2.59. The summed E-state index contributed by atoms with van der Waals surface area (Å²) in [5.41, 5.74) is 2.50. The normalized spacial score (nSPS) is 10.9. The summed E-state index contributed by atoms with van der Waals surface area (Å²) in [7, 11) is 0. The smallest absolute Gasteiger partial charge is 0.225 e. The summed E-state index contributed by atoms with van der Waals surface area (Å²) in [6.45, 7) is 4.21. The second-order valence-corrected chi connectivity index (χ2v) is 7.03. The lowest BCUT2D eigenvalue weighted by Crippen LogP contribution is -2.15. The van der Waals surface area contributed by atoms with Gasteiger partial charge in [-0.15, -0.1) is 0 Å². The quantitative estimate of drug-likeness (QED) is 0.619. The zero-order valence-electron chi connectivity index (χ0n) is 14.9. The third kappa shape index (κ3) is 4.33. The number of nitrogens with zero attached hydrogens (tertiary/aromatic N) is 2. The van der Waals surface area contributed by atoms with Crippen molar-refractivity contribution < 1.29 is 4.79 Å². The molecule has 5 heteroatoms. The third-order valence-electron chi connectivity index (χ3n) is 4.08. The highest BCUT2D eigenvalue weighted by Crippen LogP contribution is 2.28. The molecule has 0 saturated heterocycles. The van der Waals surface area contributed by atoms with Crippen LogP contribution in [-0.2, 0) is 4.79 Å². The van der Waals surface area contributed by atoms with E-state index in [9.17, 15) is 4.79 Å². The lowest BCUT2D eigenvalue weighted by molar-refractivity contribution is -0.116. The SMILES string of the molecule is CC(C)CCC(=O)Nc1cc(-c2ccccc2)nn1-c1ccccc1Cl. The van der Waals surface area contributed by atoms with E-state index in [1.807, 2.05) is 60.7 Å². The van der Waals surface area contributed by atoms with Crippen LogP contribution in [0.25, 0.3) is 16.9 Å². The number of para-hydroxylation sites is 1. The molecule has 0 aliphatic carbocycles. The van der Waals surface area contributed by atoms with Gasteiger partial charge in [-0.05, 0) is 24.5 Å². The van der Waals surface area contributed by atoms with E-state index in [1.54, 1.807) is 4.68 Å². The van der Waals surface area contributed by atoms with Crippen LogP contribution < -0.4 is 5.32 Å². The van der Waals surface area contributed by atoms with Crippen molar-refractivity contribution >= 4 is 23.3 Å². The van der Waals surface area contributed by atoms with Crippen molar-refractivity contribution in [3.63, 3.8) is 0 Å². The minimum Gasteiger partial charge on any atom is -0.311 e. The molecule has 1 N–H and O–H groups in total. The molecule has 0 bridgehead atoms. The number of hydrogen-bond donors (Lipinski definition) is 1. The summed E-state index contributed by atoms with van der Waals surface area (Å²) in [6.07, 6.45) is 1.32. The number of carbonyl (C=O) groups is 1. The Morgan fingerprint density at radius 2 is 1.81 bits per heavy atom. The van der Waals surface area contributed by atoms with Crippen molar-refractivity contribution in [3.05, 3.63) is 65.7 Å². The van der Waals surface area contributed by atoms with Gasteiger partial charge in [-0.2, -0.15) is 5.10 Å². The van der Waals surface area contributed by atoms with Gasteiger partial charge in [0.15, 0.2) is 0 Å². The number of anilines is 1. The van der Waals surface area contributed by atoms with Crippen LogP contribution in [0.5, 0.6) is 0 Å². The van der Waals surface area contributed by atoms with E-state index < -0.39 is 0 Å². The second-order valence-electron chi connectivity index (χ2n) is 6.62. The van der Waals surface area contributed by atoms with Gasteiger partial charge in [0.2, 0.25) is 5.91 Å². The molecular formula is C21H22ClN3O. The molecule has 4 nitrogen and oxygen atoms in total. The van der Waals surface area contributed by atoms with Crippen LogP contribution in [0.15, 0.2) is 60.7 Å². The number of halogens is 1. The Balaban J connectivity index is 1.97. The van der Waals surface area contributed by atoms with Crippen molar-refractivity contribution in [2.75, 3.05) is 5.32 Å². The van der Waals surface area contributed by atoms with Gasteiger partial charge in [0.05, 0.1) is 16.4 Å². The van der Waals surface area contributed by atoms with Crippen molar-refractivity contribution in [1.82, 2.24) is 9.78 Å². The predicted octanol–water partition coefficient (Wildman–Crippen LogP) is 5.57. The molecule has 1 aromatic heterocycles. The van der Waals surface area contributed by atoms with Gasteiger partial charge < -0.3 is 5.32 Å². The van der Waals surface area contributed by atoms with Crippen LogP contribution in [0, 0.1) is 5.92 Å². The van der Waals surface area contributed by atoms with E-state index in [2.05, 4.69) is 24.3 Å². The van der Waals surface area contributed by atoms with Crippen molar-refractivity contribution in [3.8, 4) is 16.9 Å². The van der Waals surface area contributed by atoms with Crippen LogP contribution in [0.3, 0.4) is 0 Å². The number of nitrogens with one attached hydrogen (secondary N) is 1. The Bertz CT molecular complexity index is 887. The monoisotopic (exact) mass is 367 g/mol. The van der Waals surface area contributed by atoms with Crippen LogP contribution in [0.1, 0.15) is 26.7 Å². The molecule has 0 radical (unpaired) electrons. The lowest BCUT2D eigenvalue weighted by Gasteiger charge is -2.10. The van der Waals surface area contributed by atoms with Gasteiger partial charge in [-0.3, -0.25) is 4.79 Å². The van der Waals surface area contributed by atoms with Crippen LogP contribution in [0.2, 0.25) is 5.02 Å². The Kier molecular flexibility index (Phi) is 5.74. The fourth-order valence-corrected chi connectivity index (χ4v) is 2.87. The average Bonchev–Trinajstić information content (AvgIpc) is 3.04. The second kappa shape index (κ2) is 8.19. The van der Waals surface area contributed by atoms with Gasteiger partial charge in [0.25, 0.3) is 0 Å². The highest BCUT2D eigenvalue weighted by Gasteiger charge is 2.15. The van der Waals surface area contributed by atoms with E-state index in [0.717, 1.165) is 23.4 Å². The molecule has 0 fully saturated rings. The molecule has 0 aliphatic rings. The van der Waals surface area contributed by atoms with Gasteiger partial charge in [-0.1, -0.05) is 67.9 Å². The summed E-state index contributed by atoms with van der Waals surface area (Å²) >= 11 is 6.35. The standard InChI is InChI=1S/C21H22ClN3O/c1-15(2)12-13-21(26)23-20-14-18(16-8-4-3-5-9-16)24-25(20)19-11-7-6-10-17(19)22/h3-11,14-15H,12-13H2,1-2H3,(H,23,26). The molecule has 3 rings (SSSR count). The van der Waals surface area contributed by atoms with Crippen LogP contribution in [-0.4, -0.2) is 15.7 Å². The molecule has 0 saturated carbocycles. The Morgan fingerprint density at radius 3 is 2.50 bits per heavy atom. The first-order chi connectivity index (χ1) is 12.5. The summed E-state index contributed by atoms with van der Waals surface area (Å²) in [5, 5.41) is 8.24. The maximum Gasteiger partial charge on any atom is 0.225 e. The largest absolute Gasteiger partial charge is 0.311 e. The number of rotatable bonds is 6. The summed E-state index contributed by atoms with van der Waals surface area (Å²) in [6, 6.07) is 19.2. The fourth-order valence-electron chi connectivity index (χ4n) is 2.65. The number of amides is 1. The molecule has 0 atom stereocenters. The van der Waals surface area contributed by atoms with Crippen molar-refractivity contribution in [2.45, 2.75) is 26.7 Å². The average molecular weight is 368 g/mol. The minimum atomic E-state index is -0.0217. The minimum absolute atomic E-state index is 0.0217. The first-order valence-electron chi connectivity index (χ1n) is 8.75. The molecule has 26 heavy (non-hydrogen) atoms. The van der Waals surface area contributed by atoms with E-state index in [-0.39, 0.29) is 5.91 Å². The van der Waals surface area contributed by atoms with Crippen molar-refractivity contribution in [1.29, 1.82) is 0 Å². The molecule has 2 aromatic carbocycles. The van der Waals surface area contributed by atoms with E-state index in [0.29, 0.717) is 23.2 Å². The zero-order chi connectivity index (χ0) is 18.5. The van der Waals surface area contributed by atoms with E-state index in [1.165, 1.54) is 0 Å². The number of aromatic nitrogens is 2. The summed E-state index contributed by atoms with van der Waals surface area (Å²) in [4.78, 5) is 12.3. The van der Waals surface area contributed by atoms with Gasteiger partial charge in [0, 0.05) is 18.1 Å². The number of benzene rings is 2.